The molecule has 3 nitrogen and oxygen atoms in total. The Bertz CT molecular complexity index is 570. The molecule has 2 amide bonds. The van der Waals surface area contributed by atoms with Gasteiger partial charge in [0.15, 0.2) is 0 Å². The maximum atomic E-state index is 13.3. The zero-order valence-electron chi connectivity index (χ0n) is 10.6. The maximum Gasteiger partial charge on any atom is 0.319 e. The first kappa shape index (κ1) is 13.1. The number of benzene rings is 2. The van der Waals surface area contributed by atoms with Crippen LogP contribution in [0, 0.1) is 12.7 Å². The van der Waals surface area contributed by atoms with E-state index in [-0.39, 0.29) is 11.8 Å². The van der Waals surface area contributed by atoms with Gasteiger partial charge in [-0.25, -0.2) is 9.18 Å². The van der Waals surface area contributed by atoms with Crippen LogP contribution in [0.5, 0.6) is 0 Å². The summed E-state index contributed by atoms with van der Waals surface area (Å²) in [7, 11) is 0. The Morgan fingerprint density at radius 3 is 2.58 bits per heavy atom. The fourth-order valence-corrected chi connectivity index (χ4v) is 1.62. The van der Waals surface area contributed by atoms with Gasteiger partial charge in [0.25, 0.3) is 0 Å². The normalized spacial score (nSPS) is 10.0. The second kappa shape index (κ2) is 6.00. The molecule has 19 heavy (non-hydrogen) atoms. The van der Waals surface area contributed by atoms with Gasteiger partial charge in [-0.05, 0) is 30.2 Å². The molecule has 0 bridgehead atoms. The lowest BCUT2D eigenvalue weighted by Gasteiger charge is -2.08. The number of halogens is 1. The largest absolute Gasteiger partial charge is 0.334 e. The summed E-state index contributed by atoms with van der Waals surface area (Å²) in [6.07, 6.45) is 0. The highest BCUT2D eigenvalue weighted by Gasteiger charge is 2.03. The lowest BCUT2D eigenvalue weighted by atomic mass is 10.2. The van der Waals surface area contributed by atoms with Crippen molar-refractivity contribution in [3.8, 4) is 0 Å². The fourth-order valence-electron chi connectivity index (χ4n) is 1.62. The third-order valence-corrected chi connectivity index (χ3v) is 2.73. The Hall–Kier alpha value is -2.36. The van der Waals surface area contributed by atoms with Crippen molar-refractivity contribution in [3.63, 3.8) is 0 Å². The number of nitrogens with one attached hydrogen (secondary N) is 2. The summed E-state index contributed by atoms with van der Waals surface area (Å²) in [6.45, 7) is 2.11. The van der Waals surface area contributed by atoms with Gasteiger partial charge in [-0.15, -0.1) is 0 Å². The van der Waals surface area contributed by atoms with Crippen LogP contribution < -0.4 is 10.6 Å². The molecule has 2 N–H and O–H groups in total. The number of urea groups is 1. The van der Waals surface area contributed by atoms with Gasteiger partial charge in [0, 0.05) is 12.2 Å². The van der Waals surface area contributed by atoms with Gasteiger partial charge in [-0.1, -0.05) is 36.4 Å². The second-order valence-electron chi connectivity index (χ2n) is 4.26. The highest BCUT2D eigenvalue weighted by Crippen LogP contribution is 2.13. The summed E-state index contributed by atoms with van der Waals surface area (Å²) in [5.41, 5.74) is 2.00. The molecule has 0 aromatic heterocycles. The van der Waals surface area contributed by atoms with Crippen molar-refractivity contribution < 1.29 is 9.18 Å². The van der Waals surface area contributed by atoms with E-state index in [1.165, 1.54) is 6.07 Å². The molecule has 0 aliphatic heterocycles. The standard InChI is InChI=1S/C15H15FN2O/c1-11-7-8-13(9-14(11)16)18-15(19)17-10-12-5-3-2-4-6-12/h2-9H,10H2,1H3,(H2,17,18,19). The third kappa shape index (κ3) is 3.81. The minimum absolute atomic E-state index is 0.333. The van der Waals surface area contributed by atoms with Gasteiger partial charge in [-0.2, -0.15) is 0 Å². The molecule has 0 unspecified atom stereocenters. The summed E-state index contributed by atoms with van der Waals surface area (Å²) in [4.78, 5) is 11.6. The molecule has 2 aromatic carbocycles. The minimum Gasteiger partial charge on any atom is -0.334 e. The molecule has 0 saturated heterocycles. The summed E-state index contributed by atoms with van der Waals surface area (Å²) >= 11 is 0. The molecular weight excluding hydrogens is 243 g/mol. The van der Waals surface area contributed by atoms with Crippen molar-refractivity contribution in [3.05, 3.63) is 65.5 Å². The van der Waals surface area contributed by atoms with E-state index in [1.54, 1.807) is 19.1 Å². The van der Waals surface area contributed by atoms with Crippen LogP contribution >= 0.6 is 0 Å². The Morgan fingerprint density at radius 2 is 1.89 bits per heavy atom. The van der Waals surface area contributed by atoms with Crippen molar-refractivity contribution in [1.82, 2.24) is 5.32 Å². The highest BCUT2D eigenvalue weighted by atomic mass is 19.1. The monoisotopic (exact) mass is 258 g/mol. The Balaban J connectivity index is 1.89. The van der Waals surface area contributed by atoms with E-state index in [9.17, 15) is 9.18 Å². The topological polar surface area (TPSA) is 41.1 Å². The van der Waals surface area contributed by atoms with Crippen molar-refractivity contribution in [2.75, 3.05) is 5.32 Å². The fraction of sp³-hybridized carbons (Fsp3) is 0.133. The average Bonchev–Trinajstić information content (AvgIpc) is 2.42. The van der Waals surface area contributed by atoms with E-state index in [0.29, 0.717) is 17.8 Å². The molecule has 0 saturated carbocycles. The van der Waals surface area contributed by atoms with E-state index in [4.69, 9.17) is 0 Å². The number of hydrogen-bond donors (Lipinski definition) is 2. The molecule has 98 valence electrons. The van der Waals surface area contributed by atoms with Gasteiger partial charge in [-0.3, -0.25) is 0 Å². The van der Waals surface area contributed by atoms with Crippen LogP contribution in [0.15, 0.2) is 48.5 Å². The van der Waals surface area contributed by atoms with Crippen LogP contribution in [0.1, 0.15) is 11.1 Å². The Labute approximate surface area is 111 Å². The molecular formula is C15H15FN2O. The van der Waals surface area contributed by atoms with Crippen molar-refractivity contribution in [1.29, 1.82) is 0 Å². The molecule has 4 heteroatoms. The predicted molar refractivity (Wildman–Crippen MR) is 73.4 cm³/mol. The van der Waals surface area contributed by atoms with Gasteiger partial charge in [0.05, 0.1) is 0 Å². The van der Waals surface area contributed by atoms with E-state index < -0.39 is 0 Å². The molecule has 0 aliphatic carbocycles. The van der Waals surface area contributed by atoms with Crippen LogP contribution in [0.4, 0.5) is 14.9 Å². The van der Waals surface area contributed by atoms with Crippen molar-refractivity contribution >= 4 is 11.7 Å². The van der Waals surface area contributed by atoms with Gasteiger partial charge in [0.2, 0.25) is 0 Å². The minimum atomic E-state index is -0.355. The zero-order chi connectivity index (χ0) is 13.7. The number of carbonyl (C=O) groups is 1. The predicted octanol–water partition coefficient (Wildman–Crippen LogP) is 3.46. The van der Waals surface area contributed by atoms with Crippen LogP contribution in [-0.4, -0.2) is 6.03 Å². The Kier molecular flexibility index (Phi) is 4.13. The van der Waals surface area contributed by atoms with Crippen LogP contribution in [0.2, 0.25) is 0 Å². The van der Waals surface area contributed by atoms with E-state index in [0.717, 1.165) is 5.56 Å². The van der Waals surface area contributed by atoms with E-state index >= 15 is 0 Å². The molecule has 0 radical (unpaired) electrons. The summed E-state index contributed by atoms with van der Waals surface area (Å²) < 4.78 is 13.3. The molecule has 2 aromatic rings. The molecule has 0 aliphatic rings. The highest BCUT2D eigenvalue weighted by molar-refractivity contribution is 5.89. The molecule has 0 heterocycles. The summed E-state index contributed by atoms with van der Waals surface area (Å²) in [5.74, 6) is -0.333. The lowest BCUT2D eigenvalue weighted by molar-refractivity contribution is 0.251. The first-order valence-corrected chi connectivity index (χ1v) is 6.00. The van der Waals surface area contributed by atoms with Crippen molar-refractivity contribution in [2.45, 2.75) is 13.5 Å². The molecule has 0 atom stereocenters. The summed E-state index contributed by atoms with van der Waals surface area (Å²) in [6, 6.07) is 13.8. The van der Waals surface area contributed by atoms with Crippen LogP contribution in [-0.2, 0) is 6.54 Å². The smallest absolute Gasteiger partial charge is 0.319 e. The lowest BCUT2D eigenvalue weighted by Crippen LogP contribution is -2.28. The number of anilines is 1. The number of amides is 2. The number of hydrogen-bond acceptors (Lipinski definition) is 1. The van der Waals surface area contributed by atoms with Crippen LogP contribution in [0.3, 0.4) is 0 Å². The second-order valence-corrected chi connectivity index (χ2v) is 4.26. The number of rotatable bonds is 3. The number of carbonyl (C=O) groups excluding carboxylic acids is 1. The Morgan fingerprint density at radius 1 is 1.16 bits per heavy atom. The van der Waals surface area contributed by atoms with Gasteiger partial charge >= 0.3 is 6.03 Å². The quantitative estimate of drug-likeness (QED) is 0.869. The van der Waals surface area contributed by atoms with Crippen molar-refractivity contribution in [2.24, 2.45) is 0 Å². The van der Waals surface area contributed by atoms with Crippen LogP contribution in [0.25, 0.3) is 0 Å². The van der Waals surface area contributed by atoms with Gasteiger partial charge < -0.3 is 10.6 Å². The van der Waals surface area contributed by atoms with E-state index in [2.05, 4.69) is 10.6 Å². The van der Waals surface area contributed by atoms with Gasteiger partial charge in [0.1, 0.15) is 5.82 Å². The third-order valence-electron chi connectivity index (χ3n) is 2.73. The SMILES string of the molecule is Cc1ccc(NC(=O)NCc2ccccc2)cc1F. The first-order valence-electron chi connectivity index (χ1n) is 6.00. The molecule has 0 fully saturated rings. The average molecular weight is 258 g/mol. The first-order chi connectivity index (χ1) is 9.15. The molecule has 2 rings (SSSR count). The molecule has 0 spiro atoms. The maximum absolute atomic E-state index is 13.3. The van der Waals surface area contributed by atoms with E-state index in [1.807, 2.05) is 30.3 Å². The number of aryl methyl sites for hydroxylation is 1. The zero-order valence-corrected chi connectivity index (χ0v) is 10.6. The summed E-state index contributed by atoms with van der Waals surface area (Å²) in [5, 5.41) is 5.30.